The molecule has 29 heavy (non-hydrogen) atoms. The first-order valence-electron chi connectivity index (χ1n) is 10.1. The Morgan fingerprint density at radius 3 is 2.69 bits per heavy atom. The number of rotatable bonds is 7. The van der Waals surface area contributed by atoms with Gasteiger partial charge in [-0.1, -0.05) is 42.5 Å². The Morgan fingerprint density at radius 2 is 1.93 bits per heavy atom. The van der Waals surface area contributed by atoms with Crippen molar-refractivity contribution in [3.05, 3.63) is 65.7 Å². The second-order valence-corrected chi connectivity index (χ2v) is 7.98. The maximum absolute atomic E-state index is 12.5. The minimum absolute atomic E-state index is 0. The first-order valence-corrected chi connectivity index (χ1v) is 10.1. The molecule has 156 valence electrons. The van der Waals surface area contributed by atoms with Crippen LogP contribution >= 0.6 is 12.4 Å². The molecular formula is C23H29ClN2O3. The van der Waals surface area contributed by atoms with Gasteiger partial charge in [-0.15, -0.1) is 12.4 Å². The molecule has 5 nitrogen and oxygen atoms in total. The molecule has 1 heterocycles. The van der Waals surface area contributed by atoms with Gasteiger partial charge in [0.1, 0.15) is 12.4 Å². The van der Waals surface area contributed by atoms with Gasteiger partial charge in [-0.2, -0.15) is 0 Å². The Hall–Kier alpha value is -2.08. The summed E-state index contributed by atoms with van der Waals surface area (Å²) in [7, 11) is 0. The van der Waals surface area contributed by atoms with Crippen molar-refractivity contribution in [1.82, 2.24) is 10.6 Å². The zero-order valence-electron chi connectivity index (χ0n) is 16.5. The van der Waals surface area contributed by atoms with Crippen LogP contribution in [-0.2, 0) is 11.4 Å². The predicted molar refractivity (Wildman–Crippen MR) is 115 cm³/mol. The summed E-state index contributed by atoms with van der Waals surface area (Å²) in [5.74, 6) is 0.905. The molecule has 3 N–H and O–H groups in total. The molecule has 1 saturated carbocycles. The topological polar surface area (TPSA) is 70.6 Å². The normalized spacial score (nSPS) is 20.4. The van der Waals surface area contributed by atoms with E-state index in [1.165, 1.54) is 0 Å². The van der Waals surface area contributed by atoms with Crippen LogP contribution < -0.4 is 15.4 Å². The largest absolute Gasteiger partial charge is 0.489 e. The second kappa shape index (κ2) is 9.61. The van der Waals surface area contributed by atoms with Crippen LogP contribution in [0.25, 0.3) is 0 Å². The van der Waals surface area contributed by atoms with Crippen molar-refractivity contribution < 1.29 is 14.6 Å². The van der Waals surface area contributed by atoms with E-state index in [2.05, 4.69) is 10.6 Å². The third-order valence-corrected chi connectivity index (χ3v) is 6.07. The van der Waals surface area contributed by atoms with Crippen molar-refractivity contribution in [3.63, 3.8) is 0 Å². The lowest BCUT2D eigenvalue weighted by Gasteiger charge is -2.23. The number of carbonyl (C=O) groups excluding carboxylic acids is 1. The van der Waals surface area contributed by atoms with Crippen molar-refractivity contribution in [2.24, 2.45) is 11.3 Å². The van der Waals surface area contributed by atoms with E-state index in [-0.39, 0.29) is 36.2 Å². The number of benzene rings is 2. The van der Waals surface area contributed by atoms with E-state index in [1.54, 1.807) is 0 Å². The van der Waals surface area contributed by atoms with Crippen molar-refractivity contribution >= 4 is 18.3 Å². The number of hydrogen-bond acceptors (Lipinski definition) is 4. The van der Waals surface area contributed by atoms with E-state index in [9.17, 15) is 9.90 Å². The molecule has 6 heteroatoms. The molecule has 0 radical (unpaired) electrons. The van der Waals surface area contributed by atoms with Crippen molar-refractivity contribution in [2.75, 3.05) is 19.6 Å². The predicted octanol–water partition coefficient (Wildman–Crippen LogP) is 3.23. The van der Waals surface area contributed by atoms with Gasteiger partial charge in [-0.25, -0.2) is 0 Å². The number of carbonyl (C=O) groups is 1. The summed E-state index contributed by atoms with van der Waals surface area (Å²) in [6.07, 6.45) is 2.40. The molecule has 1 amide bonds. The molecule has 2 unspecified atom stereocenters. The summed E-state index contributed by atoms with van der Waals surface area (Å²) in [4.78, 5) is 12.5. The van der Waals surface area contributed by atoms with E-state index in [4.69, 9.17) is 4.74 Å². The number of piperidine rings is 1. The third-order valence-electron chi connectivity index (χ3n) is 6.07. The molecule has 1 saturated heterocycles. The standard InChI is InChI=1S/C23H28N2O3.ClH/c26-21(15-25-22(27)20-14-23(20)9-11-24-12-10-23)18-7-4-8-19(13-18)28-16-17-5-2-1-3-6-17;/h1-8,13,20-21,24,26H,9-12,14-16H2,(H,25,27);1H. The molecule has 0 bridgehead atoms. The van der Waals surface area contributed by atoms with Crippen LogP contribution in [0.5, 0.6) is 5.75 Å². The van der Waals surface area contributed by atoms with E-state index < -0.39 is 6.10 Å². The molecule has 2 aromatic rings. The average molecular weight is 417 g/mol. The SMILES string of the molecule is Cl.O=C(NCC(O)c1cccc(OCc2ccccc2)c1)C1CC12CCNCC2. The number of ether oxygens (including phenoxy) is 1. The van der Waals surface area contributed by atoms with Gasteiger partial charge in [0.2, 0.25) is 5.91 Å². The van der Waals surface area contributed by atoms with Crippen LogP contribution in [-0.4, -0.2) is 30.6 Å². The van der Waals surface area contributed by atoms with E-state index in [0.29, 0.717) is 12.4 Å². The van der Waals surface area contributed by atoms with Gasteiger partial charge < -0.3 is 20.5 Å². The summed E-state index contributed by atoms with van der Waals surface area (Å²) in [6, 6.07) is 17.4. The summed E-state index contributed by atoms with van der Waals surface area (Å²) >= 11 is 0. The van der Waals surface area contributed by atoms with Crippen LogP contribution in [0, 0.1) is 11.3 Å². The Balaban J connectivity index is 0.00000240. The summed E-state index contributed by atoms with van der Waals surface area (Å²) in [5.41, 5.74) is 2.06. The maximum Gasteiger partial charge on any atom is 0.223 e. The molecule has 1 aliphatic carbocycles. The maximum atomic E-state index is 12.5. The highest BCUT2D eigenvalue weighted by atomic mass is 35.5. The van der Waals surface area contributed by atoms with Gasteiger partial charge in [-0.05, 0) is 61.0 Å². The molecule has 1 aliphatic heterocycles. The Labute approximate surface area is 178 Å². The number of aliphatic hydroxyl groups is 1. The number of aliphatic hydroxyl groups excluding tert-OH is 1. The summed E-state index contributed by atoms with van der Waals surface area (Å²) in [5, 5.41) is 16.8. The number of halogens is 1. The fourth-order valence-electron chi connectivity index (χ4n) is 4.19. The molecule has 2 atom stereocenters. The quantitative estimate of drug-likeness (QED) is 0.648. The molecule has 2 aliphatic rings. The first kappa shape index (κ1) is 21.6. The molecule has 2 aromatic carbocycles. The third kappa shape index (κ3) is 5.30. The number of hydrogen-bond donors (Lipinski definition) is 3. The molecular weight excluding hydrogens is 388 g/mol. The lowest BCUT2D eigenvalue weighted by molar-refractivity contribution is -0.123. The van der Waals surface area contributed by atoms with E-state index >= 15 is 0 Å². The fourth-order valence-corrected chi connectivity index (χ4v) is 4.19. The van der Waals surface area contributed by atoms with Gasteiger partial charge in [-0.3, -0.25) is 4.79 Å². The monoisotopic (exact) mass is 416 g/mol. The smallest absolute Gasteiger partial charge is 0.223 e. The van der Waals surface area contributed by atoms with Gasteiger partial charge >= 0.3 is 0 Å². The van der Waals surface area contributed by atoms with Crippen LogP contribution in [0.1, 0.15) is 36.5 Å². The zero-order chi connectivity index (χ0) is 19.4. The highest BCUT2D eigenvalue weighted by Crippen LogP contribution is 2.58. The van der Waals surface area contributed by atoms with Crippen LogP contribution in [0.15, 0.2) is 54.6 Å². The molecule has 1 spiro atoms. The molecule has 0 aromatic heterocycles. The minimum atomic E-state index is -0.744. The van der Waals surface area contributed by atoms with Crippen LogP contribution in [0.2, 0.25) is 0 Å². The highest BCUT2D eigenvalue weighted by molar-refractivity contribution is 5.85. The molecule has 2 fully saturated rings. The van der Waals surface area contributed by atoms with Gasteiger partial charge in [0.25, 0.3) is 0 Å². The van der Waals surface area contributed by atoms with Crippen molar-refractivity contribution in [2.45, 2.75) is 32.0 Å². The van der Waals surface area contributed by atoms with Crippen LogP contribution in [0.4, 0.5) is 0 Å². The highest BCUT2D eigenvalue weighted by Gasteiger charge is 2.57. The fraction of sp³-hybridized carbons (Fsp3) is 0.435. The average Bonchev–Trinajstić information content (AvgIpc) is 3.44. The lowest BCUT2D eigenvalue weighted by atomic mass is 9.92. The molecule has 4 rings (SSSR count). The Morgan fingerprint density at radius 1 is 1.17 bits per heavy atom. The summed E-state index contributed by atoms with van der Waals surface area (Å²) < 4.78 is 5.83. The number of amides is 1. The Bertz CT molecular complexity index is 809. The second-order valence-electron chi connectivity index (χ2n) is 7.98. The Kier molecular flexibility index (Phi) is 7.17. The van der Waals surface area contributed by atoms with Crippen molar-refractivity contribution in [1.29, 1.82) is 0 Å². The van der Waals surface area contributed by atoms with Gasteiger partial charge in [0.15, 0.2) is 0 Å². The lowest BCUT2D eigenvalue weighted by Crippen LogP contribution is -2.35. The first-order chi connectivity index (χ1) is 13.7. The van der Waals surface area contributed by atoms with Gasteiger partial charge in [0, 0.05) is 12.5 Å². The van der Waals surface area contributed by atoms with Gasteiger partial charge in [0.05, 0.1) is 6.10 Å². The zero-order valence-corrected chi connectivity index (χ0v) is 17.3. The van der Waals surface area contributed by atoms with E-state index in [1.807, 2.05) is 54.6 Å². The number of nitrogens with one attached hydrogen (secondary N) is 2. The van der Waals surface area contributed by atoms with Crippen LogP contribution in [0.3, 0.4) is 0 Å². The van der Waals surface area contributed by atoms with E-state index in [0.717, 1.165) is 43.5 Å². The minimum Gasteiger partial charge on any atom is -0.489 e. The summed E-state index contributed by atoms with van der Waals surface area (Å²) in [6.45, 7) is 2.71. The van der Waals surface area contributed by atoms with Crippen molar-refractivity contribution in [3.8, 4) is 5.75 Å².